The van der Waals surface area contributed by atoms with Crippen LogP contribution in [-0.2, 0) is 12.8 Å². The first kappa shape index (κ1) is 15.3. The molecule has 0 spiro atoms. The SMILES string of the molecule is NC(=NCCOc1cccnc1)Nc1cccc2c1CCCC2. The van der Waals surface area contributed by atoms with E-state index in [0.717, 1.165) is 24.3 Å². The van der Waals surface area contributed by atoms with E-state index in [-0.39, 0.29) is 0 Å². The number of rotatable bonds is 5. The highest BCUT2D eigenvalue weighted by atomic mass is 16.5. The molecule has 1 aliphatic rings. The lowest BCUT2D eigenvalue weighted by Gasteiger charge is -2.19. The quantitative estimate of drug-likeness (QED) is 0.506. The summed E-state index contributed by atoms with van der Waals surface area (Å²) in [6.07, 6.45) is 8.17. The molecule has 0 fully saturated rings. The summed E-state index contributed by atoms with van der Waals surface area (Å²) in [4.78, 5) is 8.32. The largest absolute Gasteiger partial charge is 0.490 e. The summed E-state index contributed by atoms with van der Waals surface area (Å²) in [6.45, 7) is 0.976. The van der Waals surface area contributed by atoms with E-state index >= 15 is 0 Å². The molecular formula is C18H22N4O. The van der Waals surface area contributed by atoms with Crippen LogP contribution in [0.2, 0.25) is 0 Å². The van der Waals surface area contributed by atoms with Crippen LogP contribution in [0.5, 0.6) is 5.75 Å². The fourth-order valence-electron chi connectivity index (χ4n) is 2.84. The first-order valence-electron chi connectivity index (χ1n) is 8.03. The zero-order chi connectivity index (χ0) is 15.9. The molecule has 0 bridgehead atoms. The van der Waals surface area contributed by atoms with Crippen molar-refractivity contribution in [3.8, 4) is 5.75 Å². The second kappa shape index (κ2) is 7.63. The van der Waals surface area contributed by atoms with Gasteiger partial charge in [-0.05, 0) is 55.0 Å². The molecule has 0 saturated heterocycles. The Bertz CT molecular complexity index is 670. The normalized spacial score (nSPS) is 14.2. The summed E-state index contributed by atoms with van der Waals surface area (Å²) >= 11 is 0. The molecule has 0 aliphatic heterocycles. The van der Waals surface area contributed by atoms with Crippen LogP contribution in [-0.4, -0.2) is 24.1 Å². The molecule has 1 heterocycles. The van der Waals surface area contributed by atoms with E-state index < -0.39 is 0 Å². The number of aryl methyl sites for hydroxylation is 1. The number of benzene rings is 1. The van der Waals surface area contributed by atoms with Crippen LogP contribution < -0.4 is 15.8 Å². The summed E-state index contributed by atoms with van der Waals surface area (Å²) in [5.74, 6) is 1.17. The van der Waals surface area contributed by atoms with Gasteiger partial charge in [0.1, 0.15) is 12.4 Å². The maximum absolute atomic E-state index is 5.99. The highest BCUT2D eigenvalue weighted by Crippen LogP contribution is 2.27. The molecule has 23 heavy (non-hydrogen) atoms. The Morgan fingerprint density at radius 1 is 1.22 bits per heavy atom. The van der Waals surface area contributed by atoms with Crippen molar-refractivity contribution in [2.75, 3.05) is 18.5 Å². The number of aliphatic imine (C=N–C) groups is 1. The molecule has 120 valence electrons. The summed E-state index contributed by atoms with van der Waals surface area (Å²) in [7, 11) is 0. The Morgan fingerprint density at radius 3 is 3.00 bits per heavy atom. The number of pyridine rings is 1. The van der Waals surface area contributed by atoms with E-state index in [0.29, 0.717) is 19.1 Å². The molecular weight excluding hydrogens is 288 g/mol. The molecule has 0 saturated carbocycles. The first-order chi connectivity index (χ1) is 11.3. The predicted molar refractivity (Wildman–Crippen MR) is 92.9 cm³/mol. The second-order valence-electron chi connectivity index (χ2n) is 5.58. The van der Waals surface area contributed by atoms with Gasteiger partial charge in [-0.3, -0.25) is 4.98 Å². The molecule has 1 aromatic carbocycles. The molecule has 1 aliphatic carbocycles. The van der Waals surface area contributed by atoms with Gasteiger partial charge in [-0.15, -0.1) is 0 Å². The van der Waals surface area contributed by atoms with Crippen LogP contribution in [0, 0.1) is 0 Å². The number of hydrogen-bond donors (Lipinski definition) is 2. The minimum Gasteiger partial charge on any atom is -0.490 e. The number of fused-ring (bicyclic) bond motifs is 1. The number of nitrogens with two attached hydrogens (primary N) is 1. The standard InChI is InChI=1S/C18H22N4O/c19-18(21-11-12-23-15-7-4-10-20-13-15)22-17-9-3-6-14-5-1-2-8-16(14)17/h3-4,6-7,9-10,13H,1-2,5,8,11-12H2,(H3,19,21,22). The Kier molecular flexibility index (Phi) is 5.09. The summed E-state index contributed by atoms with van der Waals surface area (Å²) in [5.41, 5.74) is 9.87. The zero-order valence-electron chi connectivity index (χ0n) is 13.2. The third-order valence-electron chi connectivity index (χ3n) is 3.94. The van der Waals surface area contributed by atoms with Crippen LogP contribution in [0.3, 0.4) is 0 Å². The lowest BCUT2D eigenvalue weighted by Crippen LogP contribution is -2.25. The average Bonchev–Trinajstić information content (AvgIpc) is 2.60. The number of ether oxygens (including phenoxy) is 1. The number of nitrogens with zero attached hydrogens (tertiary/aromatic N) is 2. The van der Waals surface area contributed by atoms with Gasteiger partial charge in [-0.1, -0.05) is 12.1 Å². The third-order valence-corrected chi connectivity index (χ3v) is 3.94. The third kappa shape index (κ3) is 4.22. The minimum absolute atomic E-state index is 0.429. The Balaban J connectivity index is 1.53. The summed E-state index contributed by atoms with van der Waals surface area (Å²) in [5, 5.41) is 3.23. The molecule has 5 heteroatoms. The van der Waals surface area contributed by atoms with Gasteiger partial charge < -0.3 is 15.8 Å². The monoisotopic (exact) mass is 310 g/mol. The fraction of sp³-hybridized carbons (Fsp3) is 0.333. The van der Waals surface area contributed by atoms with E-state index in [9.17, 15) is 0 Å². The molecule has 0 unspecified atom stereocenters. The number of hydrogen-bond acceptors (Lipinski definition) is 3. The highest BCUT2D eigenvalue weighted by Gasteiger charge is 2.12. The van der Waals surface area contributed by atoms with Gasteiger partial charge in [0.25, 0.3) is 0 Å². The van der Waals surface area contributed by atoms with Crippen molar-refractivity contribution in [3.63, 3.8) is 0 Å². The van der Waals surface area contributed by atoms with Crippen molar-refractivity contribution in [3.05, 3.63) is 53.9 Å². The van der Waals surface area contributed by atoms with Crippen LogP contribution >= 0.6 is 0 Å². The van der Waals surface area contributed by atoms with E-state index in [4.69, 9.17) is 10.5 Å². The smallest absolute Gasteiger partial charge is 0.193 e. The van der Waals surface area contributed by atoms with Crippen LogP contribution in [0.25, 0.3) is 0 Å². The molecule has 0 radical (unpaired) electrons. The van der Waals surface area contributed by atoms with E-state index in [2.05, 4.69) is 33.5 Å². The Morgan fingerprint density at radius 2 is 2.13 bits per heavy atom. The van der Waals surface area contributed by atoms with Gasteiger partial charge in [0.2, 0.25) is 0 Å². The predicted octanol–water partition coefficient (Wildman–Crippen LogP) is 2.77. The van der Waals surface area contributed by atoms with Crippen molar-refractivity contribution in [1.29, 1.82) is 0 Å². The van der Waals surface area contributed by atoms with Gasteiger partial charge in [-0.2, -0.15) is 0 Å². The zero-order valence-corrected chi connectivity index (χ0v) is 13.2. The molecule has 2 aromatic rings. The van der Waals surface area contributed by atoms with Crippen molar-refractivity contribution in [2.24, 2.45) is 10.7 Å². The maximum Gasteiger partial charge on any atom is 0.193 e. The van der Waals surface area contributed by atoms with Gasteiger partial charge >= 0.3 is 0 Å². The second-order valence-corrected chi connectivity index (χ2v) is 5.58. The number of guanidine groups is 1. The van der Waals surface area contributed by atoms with Crippen molar-refractivity contribution in [2.45, 2.75) is 25.7 Å². The van der Waals surface area contributed by atoms with Gasteiger partial charge in [0.05, 0.1) is 12.7 Å². The number of nitrogens with one attached hydrogen (secondary N) is 1. The van der Waals surface area contributed by atoms with E-state index in [1.54, 1.807) is 12.4 Å². The first-order valence-corrected chi connectivity index (χ1v) is 8.03. The Hall–Kier alpha value is -2.56. The van der Waals surface area contributed by atoms with Crippen molar-refractivity contribution < 1.29 is 4.74 Å². The average molecular weight is 310 g/mol. The number of anilines is 1. The van der Waals surface area contributed by atoms with Gasteiger partial charge in [-0.25, -0.2) is 4.99 Å². The summed E-state index contributed by atoms with van der Waals surface area (Å²) in [6, 6.07) is 10.1. The lowest BCUT2D eigenvalue weighted by molar-refractivity contribution is 0.327. The maximum atomic E-state index is 5.99. The van der Waals surface area contributed by atoms with Crippen LogP contribution in [0.15, 0.2) is 47.7 Å². The molecule has 3 rings (SSSR count). The van der Waals surface area contributed by atoms with Crippen molar-refractivity contribution in [1.82, 2.24) is 4.98 Å². The molecule has 0 amide bonds. The molecule has 1 aromatic heterocycles. The fourth-order valence-corrected chi connectivity index (χ4v) is 2.84. The highest BCUT2D eigenvalue weighted by molar-refractivity contribution is 5.93. The lowest BCUT2D eigenvalue weighted by atomic mass is 9.90. The molecule has 5 nitrogen and oxygen atoms in total. The van der Waals surface area contributed by atoms with Crippen LogP contribution in [0.1, 0.15) is 24.0 Å². The Labute approximate surface area is 136 Å². The number of aromatic nitrogens is 1. The van der Waals surface area contributed by atoms with E-state index in [1.807, 2.05) is 12.1 Å². The molecule has 0 atom stereocenters. The van der Waals surface area contributed by atoms with Crippen LogP contribution in [0.4, 0.5) is 5.69 Å². The topological polar surface area (TPSA) is 72.5 Å². The van der Waals surface area contributed by atoms with Crippen molar-refractivity contribution >= 4 is 11.6 Å². The van der Waals surface area contributed by atoms with Gasteiger partial charge in [0, 0.05) is 11.9 Å². The van der Waals surface area contributed by atoms with Gasteiger partial charge in [0.15, 0.2) is 5.96 Å². The minimum atomic E-state index is 0.429. The molecule has 3 N–H and O–H groups in total. The summed E-state index contributed by atoms with van der Waals surface area (Å²) < 4.78 is 5.54. The van der Waals surface area contributed by atoms with E-state index in [1.165, 1.54) is 24.0 Å².